The van der Waals surface area contributed by atoms with Gasteiger partial charge in [-0.15, -0.1) is 6.58 Å². The van der Waals surface area contributed by atoms with Gasteiger partial charge in [-0.2, -0.15) is 0 Å². The number of amides is 1. The molecule has 3 rings (SSSR count). The summed E-state index contributed by atoms with van der Waals surface area (Å²) < 4.78 is 0. The minimum Gasteiger partial charge on any atom is -0.481 e. The zero-order chi connectivity index (χ0) is 20.0. The summed E-state index contributed by atoms with van der Waals surface area (Å²) in [4.78, 5) is 28.0. The number of hydrogen-bond acceptors (Lipinski definition) is 4. The Bertz CT molecular complexity index is 694. The van der Waals surface area contributed by atoms with Crippen molar-refractivity contribution in [2.24, 2.45) is 11.3 Å². The monoisotopic (exact) mass is 385 g/mol. The number of fused-ring (bicyclic) bond motifs is 1. The smallest absolute Gasteiger partial charge is 0.303 e. The van der Waals surface area contributed by atoms with Crippen LogP contribution in [0.1, 0.15) is 18.4 Å². The van der Waals surface area contributed by atoms with Crippen LogP contribution in [0.4, 0.5) is 0 Å². The molecule has 0 saturated carbocycles. The molecule has 2 aliphatic rings. The number of carboxylic acid groups (broad SMARTS) is 1. The Morgan fingerprint density at radius 1 is 1.21 bits per heavy atom. The molecular weight excluding hydrogens is 354 g/mol. The average Bonchev–Trinajstić information content (AvgIpc) is 3.17. The van der Waals surface area contributed by atoms with Gasteiger partial charge >= 0.3 is 5.97 Å². The molecule has 6 nitrogen and oxygen atoms in total. The van der Waals surface area contributed by atoms with E-state index in [2.05, 4.69) is 46.0 Å². The molecule has 2 heterocycles. The number of hydrogen-bond donors (Lipinski definition) is 2. The predicted molar refractivity (Wildman–Crippen MR) is 109 cm³/mol. The first-order chi connectivity index (χ1) is 13.5. The maximum absolute atomic E-state index is 12.1. The van der Waals surface area contributed by atoms with Crippen LogP contribution in [-0.4, -0.2) is 72.6 Å². The van der Waals surface area contributed by atoms with E-state index < -0.39 is 5.97 Å². The second-order valence-corrected chi connectivity index (χ2v) is 8.19. The lowest BCUT2D eigenvalue weighted by molar-refractivity contribution is -0.137. The van der Waals surface area contributed by atoms with Crippen LogP contribution in [0.5, 0.6) is 0 Å². The van der Waals surface area contributed by atoms with Gasteiger partial charge in [0, 0.05) is 51.1 Å². The van der Waals surface area contributed by atoms with Crippen molar-refractivity contribution in [1.29, 1.82) is 0 Å². The second kappa shape index (κ2) is 9.34. The summed E-state index contributed by atoms with van der Waals surface area (Å²) in [6.45, 7) is 9.04. The van der Waals surface area contributed by atoms with E-state index in [1.165, 1.54) is 5.56 Å². The highest BCUT2D eigenvalue weighted by Crippen LogP contribution is 2.45. The Balaban J connectivity index is 1.59. The van der Waals surface area contributed by atoms with E-state index in [0.29, 0.717) is 25.4 Å². The summed E-state index contributed by atoms with van der Waals surface area (Å²) in [7, 11) is 0. The van der Waals surface area contributed by atoms with E-state index in [1.54, 1.807) is 6.08 Å². The third-order valence-electron chi connectivity index (χ3n) is 6.11. The molecule has 0 aliphatic carbocycles. The molecule has 2 N–H and O–H groups in total. The fourth-order valence-corrected chi connectivity index (χ4v) is 4.78. The Kier molecular flexibility index (Phi) is 6.86. The van der Waals surface area contributed by atoms with Gasteiger partial charge in [0.1, 0.15) is 0 Å². The van der Waals surface area contributed by atoms with Gasteiger partial charge < -0.3 is 15.3 Å². The van der Waals surface area contributed by atoms with Crippen molar-refractivity contribution in [3.63, 3.8) is 0 Å². The van der Waals surface area contributed by atoms with Crippen LogP contribution in [0, 0.1) is 11.3 Å². The minimum absolute atomic E-state index is 0.00851. The molecule has 1 amide bonds. The lowest BCUT2D eigenvalue weighted by atomic mass is 9.77. The first kappa shape index (κ1) is 20.6. The third-order valence-corrected chi connectivity index (χ3v) is 6.11. The molecule has 28 heavy (non-hydrogen) atoms. The first-order valence-corrected chi connectivity index (χ1v) is 10.1. The molecule has 2 saturated heterocycles. The summed E-state index contributed by atoms with van der Waals surface area (Å²) in [6.07, 6.45) is 3.56. The molecule has 1 aromatic carbocycles. The molecule has 0 spiro atoms. The highest BCUT2D eigenvalue weighted by Gasteiger charge is 2.51. The minimum atomic E-state index is -0.738. The zero-order valence-electron chi connectivity index (χ0n) is 16.5. The van der Waals surface area contributed by atoms with Gasteiger partial charge in [0.05, 0.1) is 6.54 Å². The van der Waals surface area contributed by atoms with Crippen molar-refractivity contribution < 1.29 is 14.7 Å². The highest BCUT2D eigenvalue weighted by atomic mass is 16.4. The number of nitrogens with one attached hydrogen (secondary N) is 1. The van der Waals surface area contributed by atoms with Crippen LogP contribution in [0.25, 0.3) is 0 Å². The second-order valence-electron chi connectivity index (χ2n) is 8.19. The van der Waals surface area contributed by atoms with Crippen molar-refractivity contribution in [2.75, 3.05) is 45.8 Å². The highest BCUT2D eigenvalue weighted by molar-refractivity contribution is 5.78. The zero-order valence-corrected chi connectivity index (χ0v) is 16.5. The van der Waals surface area contributed by atoms with Crippen LogP contribution in [0.15, 0.2) is 43.0 Å². The third kappa shape index (κ3) is 5.20. The number of benzene rings is 1. The molecular formula is C22H31N3O3. The van der Waals surface area contributed by atoms with E-state index in [1.807, 2.05) is 6.07 Å². The maximum Gasteiger partial charge on any atom is 0.303 e. The molecule has 6 heteroatoms. The summed E-state index contributed by atoms with van der Waals surface area (Å²) in [6, 6.07) is 10.5. The lowest BCUT2D eigenvalue weighted by Gasteiger charge is -2.29. The Hall–Kier alpha value is -2.18. The average molecular weight is 386 g/mol. The van der Waals surface area contributed by atoms with Crippen LogP contribution < -0.4 is 5.32 Å². The van der Waals surface area contributed by atoms with Crippen LogP contribution in [0.3, 0.4) is 0 Å². The van der Waals surface area contributed by atoms with Gasteiger partial charge in [-0.1, -0.05) is 36.4 Å². The molecule has 2 aliphatic heterocycles. The van der Waals surface area contributed by atoms with E-state index >= 15 is 0 Å². The predicted octanol–water partition coefficient (Wildman–Crippen LogP) is 1.63. The van der Waals surface area contributed by atoms with Gasteiger partial charge in [0.25, 0.3) is 0 Å². The summed E-state index contributed by atoms with van der Waals surface area (Å²) in [5.74, 6) is -0.304. The number of carbonyl (C=O) groups is 2. The molecule has 2 unspecified atom stereocenters. The van der Waals surface area contributed by atoms with Crippen molar-refractivity contribution in [3.05, 3.63) is 48.6 Å². The van der Waals surface area contributed by atoms with Gasteiger partial charge in [0.2, 0.25) is 5.91 Å². The van der Waals surface area contributed by atoms with Crippen LogP contribution >= 0.6 is 0 Å². The van der Waals surface area contributed by atoms with Gasteiger partial charge in [0.15, 0.2) is 0 Å². The maximum atomic E-state index is 12.1. The summed E-state index contributed by atoms with van der Waals surface area (Å²) in [5.41, 5.74) is 1.31. The lowest BCUT2D eigenvalue weighted by Crippen LogP contribution is -2.40. The molecule has 152 valence electrons. The largest absolute Gasteiger partial charge is 0.481 e. The van der Waals surface area contributed by atoms with E-state index in [9.17, 15) is 14.7 Å². The topological polar surface area (TPSA) is 72.9 Å². The van der Waals surface area contributed by atoms with Gasteiger partial charge in [-0.25, -0.2) is 0 Å². The quantitative estimate of drug-likeness (QED) is 0.599. The van der Waals surface area contributed by atoms with Crippen LogP contribution in [0.2, 0.25) is 0 Å². The van der Waals surface area contributed by atoms with E-state index in [4.69, 9.17) is 0 Å². The molecule has 0 radical (unpaired) electrons. The first-order valence-electron chi connectivity index (χ1n) is 10.1. The van der Waals surface area contributed by atoms with Gasteiger partial charge in [-0.3, -0.25) is 14.5 Å². The van der Waals surface area contributed by atoms with Crippen molar-refractivity contribution in [3.8, 4) is 0 Å². The molecule has 2 fully saturated rings. The Morgan fingerprint density at radius 2 is 1.93 bits per heavy atom. The fourth-order valence-electron chi connectivity index (χ4n) is 4.78. The number of aliphatic carboxylic acids is 1. The normalized spacial score (nSPS) is 24.8. The van der Waals surface area contributed by atoms with Crippen molar-refractivity contribution in [2.45, 2.75) is 19.3 Å². The molecule has 0 bridgehead atoms. The fraction of sp³-hybridized carbons (Fsp3) is 0.545. The number of carboxylic acids is 1. The summed E-state index contributed by atoms with van der Waals surface area (Å²) in [5, 5.41) is 12.0. The van der Waals surface area contributed by atoms with Crippen LogP contribution in [-0.2, 0) is 16.0 Å². The van der Waals surface area contributed by atoms with Gasteiger partial charge in [-0.05, 0) is 24.3 Å². The SMILES string of the molecule is C=CCNC(=O)CN1CC2CN(CCc3ccccc3)CC2(CCC(=O)O)C1. The molecule has 0 aromatic heterocycles. The number of likely N-dealkylation sites (tertiary alicyclic amines) is 2. The number of rotatable bonds is 10. The Labute approximate surface area is 167 Å². The standard InChI is InChI=1S/C22H31N3O3/c1-2-11-23-20(26)15-25-14-19-13-24(12-9-18-6-4-3-5-7-18)16-22(19,17-25)10-8-21(27)28/h2-7,19H,1,8-17H2,(H,23,26)(H,27,28). The molecule has 2 atom stereocenters. The number of nitrogens with zero attached hydrogens (tertiary/aromatic N) is 2. The number of carbonyl (C=O) groups excluding carboxylic acids is 1. The molecule has 1 aromatic rings. The Morgan fingerprint density at radius 3 is 2.64 bits per heavy atom. The summed E-state index contributed by atoms with van der Waals surface area (Å²) >= 11 is 0. The van der Waals surface area contributed by atoms with Crippen molar-refractivity contribution >= 4 is 11.9 Å². The van der Waals surface area contributed by atoms with E-state index in [-0.39, 0.29) is 17.7 Å². The van der Waals surface area contributed by atoms with Crippen molar-refractivity contribution in [1.82, 2.24) is 15.1 Å². The van der Waals surface area contributed by atoms with E-state index in [0.717, 1.165) is 39.1 Å².